The fraction of sp³-hybridized carbons (Fsp3) is 0.706. The minimum absolute atomic E-state index is 0.251. The van der Waals surface area contributed by atoms with Gasteiger partial charge in [-0.05, 0) is 12.8 Å². The second kappa shape index (κ2) is 7.43. The van der Waals surface area contributed by atoms with E-state index in [2.05, 4.69) is 15.0 Å². The number of imidazole rings is 1. The van der Waals surface area contributed by atoms with E-state index >= 15 is 0 Å². The van der Waals surface area contributed by atoms with Gasteiger partial charge in [-0.3, -0.25) is 4.57 Å². The smallest absolute Gasteiger partial charge is 0.167 e. The topological polar surface area (TPSA) is 118 Å². The minimum atomic E-state index is -0.801. The molecule has 142 valence electrons. The summed E-state index contributed by atoms with van der Waals surface area (Å²) in [6, 6.07) is 0. The number of nitrogens with two attached hydrogens (primary N) is 1. The molecule has 2 fully saturated rings. The molecule has 4 rings (SSSR count). The van der Waals surface area contributed by atoms with E-state index in [0.717, 1.165) is 12.8 Å². The molecule has 2 aromatic rings. The lowest BCUT2D eigenvalue weighted by Crippen LogP contribution is -2.36. The second-order valence-corrected chi connectivity index (χ2v) is 6.93. The summed E-state index contributed by atoms with van der Waals surface area (Å²) >= 11 is 0. The van der Waals surface area contributed by atoms with Crippen molar-refractivity contribution in [3.63, 3.8) is 0 Å². The lowest BCUT2D eigenvalue weighted by atomic mass is 9.98. The van der Waals surface area contributed by atoms with Crippen molar-refractivity contribution in [2.24, 2.45) is 0 Å². The molecule has 9 nitrogen and oxygen atoms in total. The number of ether oxygens (including phenoxy) is 3. The van der Waals surface area contributed by atoms with Gasteiger partial charge >= 0.3 is 0 Å². The average molecular weight is 363 g/mol. The van der Waals surface area contributed by atoms with Crippen molar-refractivity contribution in [3.05, 3.63) is 12.7 Å². The molecule has 9 heteroatoms. The van der Waals surface area contributed by atoms with Gasteiger partial charge in [-0.15, -0.1) is 0 Å². The van der Waals surface area contributed by atoms with Gasteiger partial charge in [0.15, 0.2) is 17.7 Å². The summed E-state index contributed by atoms with van der Waals surface area (Å²) in [6.45, 7) is 0.339. The summed E-state index contributed by atoms with van der Waals surface area (Å²) in [5.41, 5.74) is 6.90. The fourth-order valence-corrected chi connectivity index (χ4v) is 3.85. The minimum Gasteiger partial charge on any atom is -0.387 e. The highest BCUT2D eigenvalue weighted by Crippen LogP contribution is 2.34. The van der Waals surface area contributed by atoms with Crippen LogP contribution in [0.5, 0.6) is 0 Å². The van der Waals surface area contributed by atoms with Crippen molar-refractivity contribution in [2.45, 2.75) is 62.7 Å². The molecule has 4 atom stereocenters. The summed E-state index contributed by atoms with van der Waals surface area (Å²) in [6.07, 6.45) is 6.65. The van der Waals surface area contributed by atoms with Crippen molar-refractivity contribution in [1.82, 2.24) is 19.5 Å². The van der Waals surface area contributed by atoms with Gasteiger partial charge in [0.25, 0.3) is 0 Å². The predicted octanol–water partition coefficient (Wildman–Crippen LogP) is 1.03. The van der Waals surface area contributed by atoms with Crippen LogP contribution in [0.2, 0.25) is 0 Å². The van der Waals surface area contributed by atoms with Gasteiger partial charge < -0.3 is 25.1 Å². The zero-order chi connectivity index (χ0) is 18.1. The predicted molar refractivity (Wildman–Crippen MR) is 93.3 cm³/mol. The highest BCUT2D eigenvalue weighted by molar-refractivity contribution is 5.81. The summed E-state index contributed by atoms with van der Waals surface area (Å²) < 4.78 is 19.3. The van der Waals surface area contributed by atoms with Crippen molar-refractivity contribution in [2.75, 3.05) is 19.5 Å². The highest BCUT2D eigenvalue weighted by atomic mass is 16.6. The molecule has 26 heavy (non-hydrogen) atoms. The van der Waals surface area contributed by atoms with E-state index in [9.17, 15) is 5.11 Å². The van der Waals surface area contributed by atoms with Gasteiger partial charge in [-0.2, -0.15) is 0 Å². The van der Waals surface area contributed by atoms with Gasteiger partial charge in [-0.1, -0.05) is 19.3 Å². The third-order valence-corrected chi connectivity index (χ3v) is 5.29. The van der Waals surface area contributed by atoms with E-state index in [1.165, 1.54) is 25.6 Å². The Bertz CT molecular complexity index is 748. The van der Waals surface area contributed by atoms with E-state index in [-0.39, 0.29) is 6.10 Å². The molecule has 0 amide bonds. The van der Waals surface area contributed by atoms with Crippen LogP contribution < -0.4 is 5.73 Å². The fourth-order valence-electron chi connectivity index (χ4n) is 3.85. The van der Waals surface area contributed by atoms with Crippen LogP contribution in [0.25, 0.3) is 11.2 Å². The van der Waals surface area contributed by atoms with Crippen LogP contribution in [-0.4, -0.2) is 62.8 Å². The number of methoxy groups -OCH3 is 1. The van der Waals surface area contributed by atoms with Crippen molar-refractivity contribution >= 4 is 17.0 Å². The molecule has 2 aliphatic rings. The first kappa shape index (κ1) is 17.6. The zero-order valence-electron chi connectivity index (χ0n) is 14.8. The molecule has 0 unspecified atom stereocenters. The summed E-state index contributed by atoms with van der Waals surface area (Å²) in [7, 11) is 1.55. The Morgan fingerprint density at radius 3 is 2.85 bits per heavy atom. The first-order valence-electron chi connectivity index (χ1n) is 9.10. The Balaban J connectivity index is 1.51. The molecular weight excluding hydrogens is 338 g/mol. The van der Waals surface area contributed by atoms with Crippen LogP contribution in [0.4, 0.5) is 5.82 Å². The molecule has 1 saturated carbocycles. The average Bonchev–Trinajstić information content (AvgIpc) is 3.22. The quantitative estimate of drug-likeness (QED) is 0.809. The van der Waals surface area contributed by atoms with Gasteiger partial charge in [0, 0.05) is 7.11 Å². The second-order valence-electron chi connectivity index (χ2n) is 6.93. The zero-order valence-corrected chi connectivity index (χ0v) is 14.8. The third kappa shape index (κ3) is 3.16. The Morgan fingerprint density at radius 2 is 2.08 bits per heavy atom. The van der Waals surface area contributed by atoms with E-state index in [4.69, 9.17) is 19.9 Å². The van der Waals surface area contributed by atoms with Gasteiger partial charge in [-0.25, -0.2) is 15.0 Å². The standard InChI is InChI=1S/C17H25N5O4/c1-24-14-13(23)11(7-25-10-5-3-2-4-6-10)26-17(14)22-9-21-12-15(18)19-8-20-16(12)22/h8-11,13-14,17,23H,2-7H2,1H3,(H2,18,19,20)/t11-,13-,14-,17-/m1/s1. The number of nitrogen functional groups attached to an aromatic ring is 1. The maximum absolute atomic E-state index is 10.7. The molecule has 0 aromatic carbocycles. The molecular formula is C17H25N5O4. The Morgan fingerprint density at radius 1 is 1.27 bits per heavy atom. The van der Waals surface area contributed by atoms with Crippen molar-refractivity contribution in [1.29, 1.82) is 0 Å². The number of rotatable bonds is 5. The molecule has 0 radical (unpaired) electrons. The number of hydrogen-bond acceptors (Lipinski definition) is 8. The van der Waals surface area contributed by atoms with Crippen LogP contribution in [0.15, 0.2) is 12.7 Å². The van der Waals surface area contributed by atoms with E-state index in [1.807, 2.05) is 0 Å². The molecule has 0 spiro atoms. The molecule has 1 saturated heterocycles. The Hall–Kier alpha value is -1.81. The lowest BCUT2D eigenvalue weighted by molar-refractivity contribution is -0.0869. The summed E-state index contributed by atoms with van der Waals surface area (Å²) in [4.78, 5) is 12.5. The molecule has 3 N–H and O–H groups in total. The first-order valence-corrected chi connectivity index (χ1v) is 9.10. The van der Waals surface area contributed by atoms with E-state index in [1.54, 1.807) is 18.0 Å². The van der Waals surface area contributed by atoms with E-state index < -0.39 is 24.5 Å². The SMILES string of the molecule is CO[C@@H]1[C@H](O)[C@@H](COC2CCCCC2)O[C@H]1n1cnc2c(N)ncnc21. The van der Waals surface area contributed by atoms with Crippen LogP contribution in [0.1, 0.15) is 38.3 Å². The number of aliphatic hydroxyl groups is 1. The normalized spacial score (nSPS) is 30.2. The van der Waals surface area contributed by atoms with Crippen LogP contribution in [-0.2, 0) is 14.2 Å². The molecule has 2 aromatic heterocycles. The van der Waals surface area contributed by atoms with Crippen LogP contribution in [0.3, 0.4) is 0 Å². The number of nitrogens with zero attached hydrogens (tertiary/aromatic N) is 4. The van der Waals surface area contributed by atoms with Crippen LogP contribution in [0, 0.1) is 0 Å². The maximum Gasteiger partial charge on any atom is 0.167 e. The number of anilines is 1. The number of aromatic nitrogens is 4. The third-order valence-electron chi connectivity index (χ3n) is 5.29. The monoisotopic (exact) mass is 363 g/mol. The van der Waals surface area contributed by atoms with Crippen LogP contribution >= 0.6 is 0 Å². The molecule has 1 aliphatic carbocycles. The molecule has 1 aliphatic heterocycles. The highest BCUT2D eigenvalue weighted by Gasteiger charge is 2.46. The van der Waals surface area contributed by atoms with Gasteiger partial charge in [0.2, 0.25) is 0 Å². The first-order chi connectivity index (χ1) is 12.7. The van der Waals surface area contributed by atoms with Crippen molar-refractivity contribution < 1.29 is 19.3 Å². The largest absolute Gasteiger partial charge is 0.387 e. The summed E-state index contributed by atoms with van der Waals surface area (Å²) in [5.74, 6) is 0.304. The van der Waals surface area contributed by atoms with Gasteiger partial charge in [0.1, 0.15) is 30.2 Å². The van der Waals surface area contributed by atoms with Gasteiger partial charge in [0.05, 0.1) is 19.0 Å². The lowest BCUT2D eigenvalue weighted by Gasteiger charge is -2.24. The maximum atomic E-state index is 10.7. The summed E-state index contributed by atoms with van der Waals surface area (Å²) in [5, 5.41) is 10.7. The number of fused-ring (bicyclic) bond motifs is 1. The Labute approximate surface area is 151 Å². The number of hydrogen-bond donors (Lipinski definition) is 2. The number of aliphatic hydroxyl groups excluding tert-OH is 1. The molecule has 0 bridgehead atoms. The molecule has 3 heterocycles. The Kier molecular flexibility index (Phi) is 5.03. The van der Waals surface area contributed by atoms with E-state index in [0.29, 0.717) is 23.6 Å². The van der Waals surface area contributed by atoms with Crippen molar-refractivity contribution in [3.8, 4) is 0 Å².